The number of nitrogens with one attached hydrogen (secondary N) is 1. The van der Waals surface area contributed by atoms with Crippen LogP contribution in [-0.4, -0.2) is 48.9 Å². The summed E-state index contributed by atoms with van der Waals surface area (Å²) in [7, 11) is 0. The molecule has 0 spiro atoms. The molecular formula is C22H23FN8O2S. The molecule has 1 aliphatic heterocycles. The second-order valence-electron chi connectivity index (χ2n) is 8.37. The van der Waals surface area contributed by atoms with E-state index in [2.05, 4.69) is 35.4 Å². The summed E-state index contributed by atoms with van der Waals surface area (Å²) in [5.41, 5.74) is 0.422. The molecule has 3 aromatic heterocycles. The van der Waals surface area contributed by atoms with Crippen molar-refractivity contribution < 1.29 is 13.7 Å². The second-order valence-corrected chi connectivity index (χ2v) is 9.44. The number of nitrogens with zero attached hydrogens (tertiary/aromatic N) is 7. The summed E-state index contributed by atoms with van der Waals surface area (Å²) in [6.07, 6.45) is 6.44. The Morgan fingerprint density at radius 3 is 2.79 bits per heavy atom. The van der Waals surface area contributed by atoms with Crippen LogP contribution in [0.15, 0.2) is 41.6 Å². The zero-order valence-electron chi connectivity index (χ0n) is 18.7. The average molecular weight is 483 g/mol. The molecule has 1 aromatic carbocycles. The van der Waals surface area contributed by atoms with Crippen molar-refractivity contribution in [3.63, 3.8) is 0 Å². The first-order valence-electron chi connectivity index (χ1n) is 11.0. The van der Waals surface area contributed by atoms with E-state index in [0.717, 1.165) is 30.8 Å². The van der Waals surface area contributed by atoms with Crippen LogP contribution in [0.1, 0.15) is 59.7 Å². The monoisotopic (exact) mass is 482 g/mol. The lowest BCUT2D eigenvalue weighted by atomic mass is 9.96. The van der Waals surface area contributed by atoms with Gasteiger partial charge in [-0.05, 0) is 36.0 Å². The number of piperidine rings is 1. The summed E-state index contributed by atoms with van der Waals surface area (Å²) < 4.78 is 21.3. The van der Waals surface area contributed by atoms with Crippen molar-refractivity contribution in [3.05, 3.63) is 59.2 Å². The fraction of sp³-hybridized carbons (Fsp3) is 0.364. The summed E-state index contributed by atoms with van der Waals surface area (Å²) in [4.78, 5) is 28.5. The highest BCUT2D eigenvalue weighted by Crippen LogP contribution is 2.34. The smallest absolute Gasteiger partial charge is 0.266 e. The molecule has 10 nitrogen and oxygen atoms in total. The maximum absolute atomic E-state index is 14.6. The quantitative estimate of drug-likeness (QED) is 0.438. The van der Waals surface area contributed by atoms with Crippen molar-refractivity contribution in [2.45, 2.75) is 38.5 Å². The van der Waals surface area contributed by atoms with Gasteiger partial charge in [-0.1, -0.05) is 13.8 Å². The summed E-state index contributed by atoms with van der Waals surface area (Å²) in [6.45, 7) is 5.66. The van der Waals surface area contributed by atoms with Crippen LogP contribution in [0.2, 0.25) is 0 Å². The van der Waals surface area contributed by atoms with E-state index in [1.54, 1.807) is 12.3 Å². The molecule has 0 radical (unpaired) electrons. The topological polar surface area (TPSA) is 115 Å². The summed E-state index contributed by atoms with van der Waals surface area (Å²) in [5, 5.41) is 11.2. The van der Waals surface area contributed by atoms with Gasteiger partial charge in [-0.15, -0.1) is 11.3 Å². The Balaban J connectivity index is 1.19. The number of halogens is 1. The minimum absolute atomic E-state index is 0.0604. The molecule has 4 heterocycles. The standard InChI is InChI=1S/C22H23FN8O2S/c1-13(2)20-28-21(29-33-20)30-7-5-14(6-8-30)18-10-25-22(34-18)27-19(32)16-4-3-15(9-17(16)23)31-12-24-11-26-31/h3-4,9-14H,5-8H2,1-2H3,(H,25,27,32). The van der Waals surface area contributed by atoms with Crippen molar-refractivity contribution in [1.29, 1.82) is 0 Å². The average Bonchev–Trinajstić information content (AvgIpc) is 3.61. The summed E-state index contributed by atoms with van der Waals surface area (Å²) in [6, 6.07) is 4.29. The van der Waals surface area contributed by atoms with Crippen LogP contribution in [0.25, 0.3) is 5.69 Å². The van der Waals surface area contributed by atoms with Gasteiger partial charge in [0.1, 0.15) is 18.5 Å². The van der Waals surface area contributed by atoms with Crippen molar-refractivity contribution in [1.82, 2.24) is 29.9 Å². The molecule has 1 N–H and O–H groups in total. The predicted molar refractivity (Wildman–Crippen MR) is 124 cm³/mol. The lowest BCUT2D eigenvalue weighted by Gasteiger charge is -2.30. The van der Waals surface area contributed by atoms with Crippen LogP contribution in [0, 0.1) is 5.82 Å². The Kier molecular flexibility index (Phi) is 6.05. The van der Waals surface area contributed by atoms with Gasteiger partial charge >= 0.3 is 0 Å². The van der Waals surface area contributed by atoms with Crippen molar-refractivity contribution in [3.8, 4) is 5.69 Å². The maximum Gasteiger partial charge on any atom is 0.266 e. The highest BCUT2D eigenvalue weighted by molar-refractivity contribution is 7.15. The largest absolute Gasteiger partial charge is 0.338 e. The molecule has 1 fully saturated rings. The van der Waals surface area contributed by atoms with Crippen molar-refractivity contribution >= 4 is 28.3 Å². The molecule has 0 bridgehead atoms. The van der Waals surface area contributed by atoms with Gasteiger partial charge in [-0.2, -0.15) is 10.1 Å². The number of benzene rings is 1. The van der Waals surface area contributed by atoms with Crippen LogP contribution in [0.4, 0.5) is 15.5 Å². The molecule has 1 amide bonds. The molecular weight excluding hydrogens is 459 g/mol. The van der Waals surface area contributed by atoms with E-state index in [-0.39, 0.29) is 11.5 Å². The summed E-state index contributed by atoms with van der Waals surface area (Å²) in [5.74, 6) is 0.619. The molecule has 1 aliphatic rings. The number of amides is 1. The SMILES string of the molecule is CC(C)c1nc(N2CCC(c3cnc(NC(=O)c4ccc(-n5cncn5)cc4F)s3)CC2)no1. The lowest BCUT2D eigenvalue weighted by Crippen LogP contribution is -2.33. The summed E-state index contributed by atoms with van der Waals surface area (Å²) >= 11 is 1.42. The third kappa shape index (κ3) is 4.53. The number of hydrogen-bond donors (Lipinski definition) is 1. The van der Waals surface area contributed by atoms with Crippen LogP contribution >= 0.6 is 11.3 Å². The Labute approximate surface area is 198 Å². The number of aromatic nitrogens is 6. The van der Waals surface area contributed by atoms with E-state index in [9.17, 15) is 9.18 Å². The Bertz CT molecular complexity index is 1280. The maximum atomic E-state index is 14.6. The van der Waals surface area contributed by atoms with Gasteiger partial charge in [0.25, 0.3) is 11.9 Å². The van der Waals surface area contributed by atoms with E-state index >= 15 is 0 Å². The van der Waals surface area contributed by atoms with Crippen LogP contribution < -0.4 is 10.2 Å². The molecule has 12 heteroatoms. The molecule has 1 saturated heterocycles. The van der Waals surface area contributed by atoms with E-state index in [1.807, 2.05) is 13.8 Å². The third-order valence-corrected chi connectivity index (χ3v) is 6.80. The van der Waals surface area contributed by atoms with E-state index < -0.39 is 11.7 Å². The lowest BCUT2D eigenvalue weighted by molar-refractivity contribution is 0.102. The van der Waals surface area contributed by atoms with E-state index in [1.165, 1.54) is 40.8 Å². The first kappa shape index (κ1) is 22.1. The predicted octanol–water partition coefficient (Wildman–Crippen LogP) is 4.01. The highest BCUT2D eigenvalue weighted by atomic mass is 32.1. The van der Waals surface area contributed by atoms with Gasteiger partial charge in [-0.25, -0.2) is 19.0 Å². The van der Waals surface area contributed by atoms with E-state index in [4.69, 9.17) is 4.52 Å². The van der Waals surface area contributed by atoms with Crippen molar-refractivity contribution in [2.75, 3.05) is 23.3 Å². The fourth-order valence-corrected chi connectivity index (χ4v) is 4.80. The molecule has 34 heavy (non-hydrogen) atoms. The van der Waals surface area contributed by atoms with Crippen molar-refractivity contribution in [2.24, 2.45) is 0 Å². The Morgan fingerprint density at radius 1 is 1.29 bits per heavy atom. The fourth-order valence-electron chi connectivity index (χ4n) is 3.82. The van der Waals surface area contributed by atoms with Gasteiger partial charge in [0, 0.05) is 36.1 Å². The minimum atomic E-state index is -0.642. The molecule has 176 valence electrons. The van der Waals surface area contributed by atoms with E-state index in [0.29, 0.717) is 28.6 Å². The first-order chi connectivity index (χ1) is 16.5. The first-order valence-corrected chi connectivity index (χ1v) is 11.8. The van der Waals surface area contributed by atoms with Gasteiger partial charge in [-0.3, -0.25) is 10.1 Å². The highest BCUT2D eigenvalue weighted by Gasteiger charge is 2.26. The number of rotatable bonds is 6. The van der Waals surface area contributed by atoms with Gasteiger partial charge in [0.2, 0.25) is 5.89 Å². The Morgan fingerprint density at radius 2 is 2.12 bits per heavy atom. The minimum Gasteiger partial charge on any atom is -0.338 e. The van der Waals surface area contributed by atoms with Gasteiger partial charge in [0.05, 0.1) is 11.3 Å². The van der Waals surface area contributed by atoms with Crippen LogP contribution in [0.5, 0.6) is 0 Å². The normalized spacial score (nSPS) is 14.6. The Hall–Kier alpha value is -3.67. The molecule has 0 saturated carbocycles. The number of carbonyl (C=O) groups is 1. The number of hydrogen-bond acceptors (Lipinski definition) is 9. The molecule has 0 atom stereocenters. The zero-order valence-corrected chi connectivity index (χ0v) is 19.5. The van der Waals surface area contributed by atoms with Gasteiger partial charge in [0.15, 0.2) is 5.13 Å². The molecule has 0 aliphatic carbocycles. The third-order valence-electron chi connectivity index (χ3n) is 5.73. The molecule has 4 aromatic rings. The number of anilines is 2. The number of carbonyl (C=O) groups excluding carboxylic acids is 1. The van der Waals surface area contributed by atoms with Gasteiger partial charge < -0.3 is 9.42 Å². The molecule has 0 unspecified atom stereocenters. The van der Waals surface area contributed by atoms with Crippen LogP contribution in [0.3, 0.4) is 0 Å². The second kappa shape index (κ2) is 9.29. The zero-order chi connectivity index (χ0) is 23.7. The number of thiazole rings is 1. The van der Waals surface area contributed by atoms with Crippen LogP contribution in [-0.2, 0) is 0 Å². The molecule has 5 rings (SSSR count).